The van der Waals surface area contributed by atoms with E-state index in [1.807, 2.05) is 6.07 Å². The van der Waals surface area contributed by atoms with Crippen LogP contribution in [0, 0.1) is 5.41 Å². The zero-order chi connectivity index (χ0) is 27.4. The van der Waals surface area contributed by atoms with Gasteiger partial charge in [0.2, 0.25) is 0 Å². The van der Waals surface area contributed by atoms with E-state index >= 15 is 0 Å². The topological polar surface area (TPSA) is 115 Å². The number of allylic oxidation sites excluding steroid dienone is 1. The maximum atomic E-state index is 11.9. The lowest BCUT2D eigenvalue weighted by Gasteiger charge is -2.21. The molecule has 0 spiro atoms. The molecule has 2 heterocycles. The average Bonchev–Trinajstić information content (AvgIpc) is 2.76. The van der Waals surface area contributed by atoms with Gasteiger partial charge in [0, 0.05) is 31.2 Å². The number of methoxy groups -OCH3 is 1. The predicted molar refractivity (Wildman–Crippen MR) is 118 cm³/mol. The summed E-state index contributed by atoms with van der Waals surface area (Å²) in [4.78, 5) is 18.6. The van der Waals surface area contributed by atoms with Gasteiger partial charge in [-0.3, -0.25) is 4.79 Å². The number of nitrogens with two attached hydrogens (primary N) is 1. The van der Waals surface area contributed by atoms with Crippen molar-refractivity contribution < 1.29 is 41.3 Å². The van der Waals surface area contributed by atoms with Crippen LogP contribution in [0.3, 0.4) is 0 Å². The third kappa shape index (κ3) is 12.7. The van der Waals surface area contributed by atoms with Gasteiger partial charge in [0.05, 0.1) is 18.2 Å². The molecule has 0 saturated carbocycles. The van der Waals surface area contributed by atoms with Crippen LogP contribution in [0.5, 0.6) is 0 Å². The van der Waals surface area contributed by atoms with Gasteiger partial charge in [0.15, 0.2) is 18.5 Å². The number of carboxylic acid groups (broad SMARTS) is 1. The first-order valence-electron chi connectivity index (χ1n) is 10.2. The summed E-state index contributed by atoms with van der Waals surface area (Å²) < 4.78 is 64.3. The Bertz CT molecular complexity index is 900. The largest absolute Gasteiger partial charge is 0.495 e. The fourth-order valence-corrected chi connectivity index (χ4v) is 1.70. The minimum atomic E-state index is -4.06. The molecule has 1 unspecified atom stereocenters. The van der Waals surface area contributed by atoms with Gasteiger partial charge in [-0.2, -0.15) is 22.0 Å². The Morgan fingerprint density at radius 2 is 1.77 bits per heavy atom. The molecule has 0 fully saturated rings. The molecule has 0 aliphatic rings. The Kier molecular flexibility index (Phi) is 12.4. The zero-order valence-electron chi connectivity index (χ0n) is 20.2. The predicted octanol–water partition coefficient (Wildman–Crippen LogP) is 4.02. The van der Waals surface area contributed by atoms with Crippen LogP contribution in [-0.2, 0) is 16.1 Å². The van der Waals surface area contributed by atoms with E-state index in [-0.39, 0.29) is 0 Å². The Morgan fingerprint density at radius 3 is 2.09 bits per heavy atom. The van der Waals surface area contributed by atoms with Crippen molar-refractivity contribution in [2.24, 2.45) is 11.1 Å². The van der Waals surface area contributed by atoms with Crippen LogP contribution < -0.4 is 10.4 Å². The molecule has 8 nitrogen and oxygen atoms in total. The number of hydrogen-bond acceptors (Lipinski definition) is 6. The molecule has 0 radical (unpaired) electrons. The van der Waals surface area contributed by atoms with Crippen LogP contribution in [0.1, 0.15) is 34.1 Å². The van der Waals surface area contributed by atoms with Gasteiger partial charge < -0.3 is 15.6 Å². The summed E-state index contributed by atoms with van der Waals surface area (Å²) in [5.41, 5.74) is 5.53. The number of nitrogens with zero attached hydrogens (tertiary/aromatic N) is 4. The fourth-order valence-electron chi connectivity index (χ4n) is 1.70. The molecule has 0 saturated heterocycles. The van der Waals surface area contributed by atoms with Gasteiger partial charge in [-0.1, -0.05) is 32.0 Å². The second-order valence-electron chi connectivity index (χ2n) is 8.27. The normalized spacial score (nSPS) is 12.3. The highest BCUT2D eigenvalue weighted by molar-refractivity contribution is 5.72. The van der Waals surface area contributed by atoms with Crippen molar-refractivity contribution in [1.29, 1.82) is 0 Å². The molecular formula is C22H31F5N5O3+. The van der Waals surface area contributed by atoms with E-state index in [9.17, 15) is 26.7 Å². The molecule has 0 aliphatic heterocycles. The SMILES string of the molecule is C=C(OC)C(C)(F)F.CC(C)(C)C(F)(F)F.NC(CC[n+]1ccc(-c2ccncn2)cn1)C(=O)O. The van der Waals surface area contributed by atoms with E-state index in [0.29, 0.717) is 13.0 Å². The minimum Gasteiger partial charge on any atom is -0.495 e. The molecule has 13 heteroatoms. The third-order valence-corrected chi connectivity index (χ3v) is 4.22. The number of aliphatic carboxylic acids is 1. The summed E-state index contributed by atoms with van der Waals surface area (Å²) in [5.74, 6) is -4.41. The Labute approximate surface area is 200 Å². The van der Waals surface area contributed by atoms with E-state index in [0.717, 1.165) is 39.0 Å². The molecule has 2 aromatic rings. The number of ether oxygens (including phenoxy) is 1. The molecule has 196 valence electrons. The molecule has 2 rings (SSSR count). The minimum absolute atomic E-state index is 0.333. The average molecular weight is 509 g/mol. The summed E-state index contributed by atoms with van der Waals surface area (Å²) in [6, 6.07) is 2.79. The Hall–Kier alpha value is -3.22. The second-order valence-corrected chi connectivity index (χ2v) is 8.27. The Balaban J connectivity index is 0.000000601. The first-order valence-corrected chi connectivity index (χ1v) is 10.2. The second kappa shape index (κ2) is 13.6. The van der Waals surface area contributed by atoms with Crippen molar-refractivity contribution in [1.82, 2.24) is 15.1 Å². The highest BCUT2D eigenvalue weighted by atomic mass is 19.4. The quantitative estimate of drug-likeness (QED) is 0.330. The standard InChI is InChI=1S/C12H13N5O2.C5H9F3.C5H8F2O/c13-10(12(18)19)3-6-17-5-2-9(7-16-17)11-1-4-14-8-15-11;1-4(2,3)5(6,7)8;1-4(8-3)5(2,6)7/h1-2,4-5,7-8,10H,3,6,13H2;1-3H3;1H2,2-3H3/p+1. The lowest BCUT2D eigenvalue weighted by atomic mass is 9.96. The lowest BCUT2D eigenvalue weighted by Crippen LogP contribution is -2.42. The molecule has 3 N–H and O–H groups in total. The summed E-state index contributed by atoms with van der Waals surface area (Å²) in [7, 11) is 1.17. The summed E-state index contributed by atoms with van der Waals surface area (Å²) in [5, 5.41) is 12.9. The molecule has 0 amide bonds. The maximum absolute atomic E-state index is 11.9. The maximum Gasteiger partial charge on any atom is 0.393 e. The van der Waals surface area contributed by atoms with E-state index in [1.165, 1.54) is 13.4 Å². The van der Waals surface area contributed by atoms with E-state index in [1.54, 1.807) is 29.3 Å². The molecule has 35 heavy (non-hydrogen) atoms. The summed E-state index contributed by atoms with van der Waals surface area (Å²) in [6.45, 7) is 7.60. The van der Waals surface area contributed by atoms with Crippen LogP contribution in [0.25, 0.3) is 11.3 Å². The number of aryl methyl sites for hydroxylation is 1. The van der Waals surface area contributed by atoms with Crippen molar-refractivity contribution in [3.8, 4) is 11.3 Å². The van der Waals surface area contributed by atoms with E-state index < -0.39 is 35.3 Å². The van der Waals surface area contributed by atoms with Crippen molar-refractivity contribution in [3.05, 3.63) is 49.4 Å². The fraction of sp³-hybridized carbons (Fsp3) is 0.500. The monoisotopic (exact) mass is 508 g/mol. The molecular weight excluding hydrogens is 477 g/mol. The zero-order valence-corrected chi connectivity index (χ0v) is 20.2. The Morgan fingerprint density at radius 1 is 1.20 bits per heavy atom. The highest BCUT2D eigenvalue weighted by Gasteiger charge is 2.42. The number of carbonyl (C=O) groups is 1. The highest BCUT2D eigenvalue weighted by Crippen LogP contribution is 2.36. The first kappa shape index (κ1) is 31.8. The van der Waals surface area contributed by atoms with Crippen molar-refractivity contribution in [2.75, 3.05) is 7.11 Å². The van der Waals surface area contributed by atoms with Crippen molar-refractivity contribution in [3.63, 3.8) is 0 Å². The van der Waals surface area contributed by atoms with Gasteiger partial charge in [-0.05, 0) is 11.2 Å². The van der Waals surface area contributed by atoms with Crippen LogP contribution in [0.15, 0.2) is 49.4 Å². The smallest absolute Gasteiger partial charge is 0.393 e. The molecule has 0 aromatic carbocycles. The number of halogens is 5. The third-order valence-electron chi connectivity index (χ3n) is 4.22. The number of carboxylic acids is 1. The van der Waals surface area contributed by atoms with Crippen LogP contribution >= 0.6 is 0 Å². The lowest BCUT2D eigenvalue weighted by molar-refractivity contribution is -0.754. The van der Waals surface area contributed by atoms with E-state index in [2.05, 4.69) is 26.4 Å². The molecule has 2 aromatic heterocycles. The summed E-state index contributed by atoms with van der Waals surface area (Å²) in [6.07, 6.45) is 2.85. The van der Waals surface area contributed by atoms with Gasteiger partial charge in [0.1, 0.15) is 18.6 Å². The summed E-state index contributed by atoms with van der Waals surface area (Å²) >= 11 is 0. The van der Waals surface area contributed by atoms with Crippen LogP contribution in [-0.4, -0.2) is 51.4 Å². The number of alkyl halides is 5. The van der Waals surface area contributed by atoms with Gasteiger partial charge in [-0.25, -0.2) is 9.97 Å². The number of rotatable bonds is 7. The number of hydrogen-bond donors (Lipinski definition) is 2. The number of aromatic nitrogens is 4. The molecule has 0 bridgehead atoms. The van der Waals surface area contributed by atoms with Crippen molar-refractivity contribution in [2.45, 2.75) is 58.8 Å². The van der Waals surface area contributed by atoms with Gasteiger partial charge >= 0.3 is 18.1 Å². The van der Waals surface area contributed by atoms with Gasteiger partial charge in [-0.15, -0.1) is 0 Å². The van der Waals surface area contributed by atoms with Gasteiger partial charge in [0.25, 0.3) is 0 Å². The first-order chi connectivity index (χ1) is 15.9. The van der Waals surface area contributed by atoms with Crippen LogP contribution in [0.4, 0.5) is 22.0 Å². The van der Waals surface area contributed by atoms with Crippen LogP contribution in [0.2, 0.25) is 0 Å². The molecule has 0 aliphatic carbocycles. The van der Waals surface area contributed by atoms with Crippen molar-refractivity contribution >= 4 is 5.97 Å². The van der Waals surface area contributed by atoms with E-state index in [4.69, 9.17) is 10.8 Å². The molecule has 1 atom stereocenters.